The van der Waals surface area contributed by atoms with Crippen LogP contribution in [-0.4, -0.2) is 36.0 Å². The maximum Gasteiger partial charge on any atom is 0.245 e. The van der Waals surface area contributed by atoms with E-state index in [1.807, 2.05) is 6.92 Å². The zero-order valence-corrected chi connectivity index (χ0v) is 19.2. The Kier molecular flexibility index (Phi) is 7.53. The van der Waals surface area contributed by atoms with Crippen molar-refractivity contribution in [2.75, 3.05) is 18.4 Å². The van der Waals surface area contributed by atoms with Crippen molar-refractivity contribution >= 4 is 27.3 Å². The van der Waals surface area contributed by atoms with Crippen molar-refractivity contribution in [3.8, 4) is 11.5 Å². The van der Waals surface area contributed by atoms with Crippen LogP contribution in [-0.2, 0) is 23.0 Å². The van der Waals surface area contributed by atoms with Gasteiger partial charge in [0, 0.05) is 24.5 Å². The highest BCUT2D eigenvalue weighted by Gasteiger charge is 2.23. The number of hydrogen-bond donors (Lipinski definition) is 1. The maximum absolute atomic E-state index is 13.0. The zero-order valence-electron chi connectivity index (χ0n) is 17.6. The quantitative estimate of drug-likeness (QED) is 0.463. The molecule has 0 spiro atoms. The van der Waals surface area contributed by atoms with Gasteiger partial charge in [0.25, 0.3) is 0 Å². The molecule has 10 heteroatoms. The molecule has 0 amide bonds. The van der Waals surface area contributed by atoms with Crippen molar-refractivity contribution in [1.29, 1.82) is 0 Å². The van der Waals surface area contributed by atoms with Crippen LogP contribution in [0.15, 0.2) is 51.9 Å². The van der Waals surface area contributed by atoms with Gasteiger partial charge in [-0.2, -0.15) is 9.29 Å². The molecule has 2 aromatic carbocycles. The van der Waals surface area contributed by atoms with Gasteiger partial charge in [0.15, 0.2) is 11.6 Å². The summed E-state index contributed by atoms with van der Waals surface area (Å²) in [4.78, 5) is 4.44. The number of halogens is 1. The molecule has 3 rings (SSSR count). The van der Waals surface area contributed by atoms with E-state index < -0.39 is 10.0 Å². The van der Waals surface area contributed by atoms with Gasteiger partial charge >= 0.3 is 0 Å². The molecule has 0 aliphatic heterocycles. The molecule has 0 bridgehead atoms. The molecule has 8 nitrogen and oxygen atoms in total. The number of benzene rings is 2. The van der Waals surface area contributed by atoms with Crippen LogP contribution in [0.5, 0.6) is 11.5 Å². The molecule has 0 aliphatic carbocycles. The molecule has 0 fully saturated rings. The van der Waals surface area contributed by atoms with Gasteiger partial charge in [-0.1, -0.05) is 37.5 Å². The number of ether oxygens (including phenoxy) is 1. The summed E-state index contributed by atoms with van der Waals surface area (Å²) in [6.07, 6.45) is 0.659. The third-order valence-electron chi connectivity index (χ3n) is 4.59. The molecule has 31 heavy (non-hydrogen) atoms. The van der Waals surface area contributed by atoms with E-state index >= 15 is 0 Å². The number of aryl methyl sites for hydroxylation is 1. The second kappa shape index (κ2) is 10.1. The largest absolute Gasteiger partial charge is 0.455 e. The molecule has 0 unspecified atom stereocenters. The topological polar surface area (TPSA) is 97.6 Å². The van der Waals surface area contributed by atoms with E-state index in [1.54, 1.807) is 50.2 Å². The summed E-state index contributed by atoms with van der Waals surface area (Å²) in [6.45, 7) is 6.53. The molecule has 1 N–H and O–H groups in total. The lowest BCUT2D eigenvalue weighted by Crippen LogP contribution is -2.30. The SMILES string of the molecule is CCc1noc(CNc2cc(S(=O)(=O)N(CC)CC)ccc2Oc2ccc(Cl)cc2)n1. The Morgan fingerprint density at radius 2 is 1.81 bits per heavy atom. The van der Waals surface area contributed by atoms with Crippen molar-refractivity contribution in [3.63, 3.8) is 0 Å². The lowest BCUT2D eigenvalue weighted by Gasteiger charge is -2.20. The molecule has 0 radical (unpaired) electrons. The van der Waals surface area contributed by atoms with E-state index in [1.165, 1.54) is 10.4 Å². The van der Waals surface area contributed by atoms with Crippen molar-refractivity contribution < 1.29 is 17.7 Å². The monoisotopic (exact) mass is 464 g/mol. The molecule has 0 aliphatic rings. The Balaban J connectivity index is 1.93. The van der Waals surface area contributed by atoms with Crippen LogP contribution < -0.4 is 10.1 Å². The van der Waals surface area contributed by atoms with Crippen LogP contribution in [0.25, 0.3) is 0 Å². The Hall–Kier alpha value is -2.62. The fourth-order valence-corrected chi connectivity index (χ4v) is 4.53. The Labute approximate surface area is 187 Å². The predicted molar refractivity (Wildman–Crippen MR) is 119 cm³/mol. The van der Waals surface area contributed by atoms with Crippen molar-refractivity contribution in [2.45, 2.75) is 38.6 Å². The van der Waals surface area contributed by atoms with Gasteiger partial charge in [-0.15, -0.1) is 0 Å². The van der Waals surface area contributed by atoms with E-state index in [-0.39, 0.29) is 11.4 Å². The normalized spacial score (nSPS) is 11.6. The summed E-state index contributed by atoms with van der Waals surface area (Å²) in [6, 6.07) is 11.6. The number of rotatable bonds is 10. The fourth-order valence-electron chi connectivity index (χ4n) is 2.92. The average molecular weight is 465 g/mol. The second-order valence-electron chi connectivity index (χ2n) is 6.61. The molecule has 1 heterocycles. The van der Waals surface area contributed by atoms with Crippen LogP contribution in [0.3, 0.4) is 0 Å². The van der Waals surface area contributed by atoms with E-state index in [0.717, 1.165) is 0 Å². The highest BCUT2D eigenvalue weighted by Crippen LogP contribution is 2.33. The van der Waals surface area contributed by atoms with Gasteiger partial charge in [0.05, 0.1) is 17.1 Å². The van der Waals surface area contributed by atoms with E-state index in [4.69, 9.17) is 20.9 Å². The number of sulfonamides is 1. The van der Waals surface area contributed by atoms with Crippen molar-refractivity contribution in [1.82, 2.24) is 14.4 Å². The zero-order chi connectivity index (χ0) is 22.4. The predicted octanol–water partition coefficient (Wildman–Crippen LogP) is 4.72. The van der Waals surface area contributed by atoms with Gasteiger partial charge in [-0.3, -0.25) is 0 Å². The summed E-state index contributed by atoms with van der Waals surface area (Å²) in [5.41, 5.74) is 0.486. The third-order valence-corrected chi connectivity index (χ3v) is 6.89. The number of nitrogens with one attached hydrogen (secondary N) is 1. The Morgan fingerprint density at radius 3 is 2.42 bits per heavy atom. The third kappa shape index (κ3) is 5.55. The number of anilines is 1. The van der Waals surface area contributed by atoms with Gasteiger partial charge in [0.1, 0.15) is 5.75 Å². The molecular weight excluding hydrogens is 440 g/mol. The second-order valence-corrected chi connectivity index (χ2v) is 8.99. The first kappa shape index (κ1) is 23.1. The molecule has 0 atom stereocenters. The van der Waals surface area contributed by atoms with Crippen LogP contribution in [0.1, 0.15) is 32.5 Å². The summed E-state index contributed by atoms with van der Waals surface area (Å²) in [5.74, 6) is 2.02. The first-order chi connectivity index (χ1) is 14.9. The van der Waals surface area contributed by atoms with E-state index in [0.29, 0.717) is 53.4 Å². The first-order valence-corrected chi connectivity index (χ1v) is 11.8. The number of nitrogens with zero attached hydrogens (tertiary/aromatic N) is 3. The minimum atomic E-state index is -3.63. The Morgan fingerprint density at radius 1 is 1.10 bits per heavy atom. The van der Waals surface area contributed by atoms with Crippen LogP contribution in [0, 0.1) is 0 Å². The standard InChI is InChI=1S/C21H25ClN4O4S/c1-4-20-24-21(30-25-20)14-23-18-13-17(31(27,28)26(5-2)6-3)11-12-19(18)29-16-9-7-15(22)8-10-16/h7-13,23H,4-6,14H2,1-3H3. The molecule has 0 saturated carbocycles. The van der Waals surface area contributed by atoms with Crippen molar-refractivity contribution in [2.24, 2.45) is 0 Å². The van der Waals surface area contributed by atoms with Gasteiger partial charge in [-0.25, -0.2) is 8.42 Å². The smallest absolute Gasteiger partial charge is 0.245 e. The molecular formula is C21H25ClN4O4S. The van der Waals surface area contributed by atoms with Crippen molar-refractivity contribution in [3.05, 3.63) is 59.2 Å². The highest BCUT2D eigenvalue weighted by atomic mass is 35.5. The molecule has 0 saturated heterocycles. The van der Waals surface area contributed by atoms with Crippen LogP contribution in [0.2, 0.25) is 5.02 Å². The number of hydrogen-bond acceptors (Lipinski definition) is 7. The fraction of sp³-hybridized carbons (Fsp3) is 0.333. The maximum atomic E-state index is 13.0. The van der Waals surface area contributed by atoms with Gasteiger partial charge in [0.2, 0.25) is 15.9 Å². The molecule has 166 valence electrons. The minimum absolute atomic E-state index is 0.168. The lowest BCUT2D eigenvalue weighted by atomic mass is 10.2. The van der Waals surface area contributed by atoms with Crippen LogP contribution >= 0.6 is 11.6 Å². The summed E-state index contributed by atoms with van der Waals surface area (Å²) in [5, 5.41) is 7.62. The minimum Gasteiger partial charge on any atom is -0.455 e. The van der Waals surface area contributed by atoms with Gasteiger partial charge in [-0.05, 0) is 42.5 Å². The van der Waals surface area contributed by atoms with E-state index in [2.05, 4.69) is 15.5 Å². The molecule has 1 aromatic heterocycles. The molecule has 3 aromatic rings. The van der Waals surface area contributed by atoms with E-state index in [9.17, 15) is 8.42 Å². The van der Waals surface area contributed by atoms with Gasteiger partial charge < -0.3 is 14.6 Å². The number of aromatic nitrogens is 2. The van der Waals surface area contributed by atoms with Crippen LogP contribution in [0.4, 0.5) is 5.69 Å². The summed E-state index contributed by atoms with van der Waals surface area (Å²) >= 11 is 5.94. The Bertz CT molecular complexity index is 1110. The lowest BCUT2D eigenvalue weighted by molar-refractivity contribution is 0.378. The first-order valence-electron chi connectivity index (χ1n) is 10.00. The highest BCUT2D eigenvalue weighted by molar-refractivity contribution is 7.89. The summed E-state index contributed by atoms with van der Waals surface area (Å²) < 4.78 is 38.5. The average Bonchev–Trinajstić information content (AvgIpc) is 3.23. The summed E-state index contributed by atoms with van der Waals surface area (Å²) in [7, 11) is -3.63.